The highest BCUT2D eigenvalue weighted by atomic mass is 35.5. The van der Waals surface area contributed by atoms with Gasteiger partial charge in [-0.1, -0.05) is 31.9 Å². The van der Waals surface area contributed by atoms with Gasteiger partial charge in [0.05, 0.1) is 0 Å². The minimum atomic E-state index is 0.344. The van der Waals surface area contributed by atoms with Crippen LogP contribution in [-0.2, 0) is 0 Å². The van der Waals surface area contributed by atoms with Gasteiger partial charge in [-0.3, -0.25) is 0 Å². The van der Waals surface area contributed by atoms with Crippen molar-refractivity contribution < 1.29 is 0 Å². The summed E-state index contributed by atoms with van der Waals surface area (Å²) in [7, 11) is 0. The van der Waals surface area contributed by atoms with E-state index in [0.29, 0.717) is 11.1 Å². The molecule has 19 heavy (non-hydrogen) atoms. The van der Waals surface area contributed by atoms with Gasteiger partial charge in [-0.05, 0) is 42.9 Å². The standard InChI is InChI=1S/C15H22ClN3/c1-9(2)13-14(16)18-8-19-15(13)17-7-12-6-10-3-4-11(12)5-10/h8-12H,3-7H2,1-2H3,(H,17,18,19). The van der Waals surface area contributed by atoms with Gasteiger partial charge in [0.1, 0.15) is 17.3 Å². The van der Waals surface area contributed by atoms with Crippen LogP contribution in [0, 0.1) is 17.8 Å². The molecule has 2 aliphatic rings. The molecule has 2 saturated carbocycles. The van der Waals surface area contributed by atoms with E-state index in [1.807, 2.05) is 0 Å². The van der Waals surface area contributed by atoms with Gasteiger partial charge in [-0.15, -0.1) is 0 Å². The Labute approximate surface area is 120 Å². The number of halogens is 1. The van der Waals surface area contributed by atoms with Crippen LogP contribution in [0.1, 0.15) is 51.0 Å². The molecule has 1 heterocycles. The van der Waals surface area contributed by atoms with Crippen LogP contribution >= 0.6 is 11.6 Å². The zero-order valence-corrected chi connectivity index (χ0v) is 12.5. The second kappa shape index (κ2) is 5.28. The fourth-order valence-corrected chi connectivity index (χ4v) is 4.23. The van der Waals surface area contributed by atoms with E-state index in [-0.39, 0.29) is 0 Å². The third-order valence-corrected chi connectivity index (χ3v) is 5.13. The van der Waals surface area contributed by atoms with Gasteiger partial charge in [0.2, 0.25) is 0 Å². The maximum atomic E-state index is 6.19. The number of hydrogen-bond donors (Lipinski definition) is 1. The Balaban J connectivity index is 1.68. The van der Waals surface area contributed by atoms with Crippen molar-refractivity contribution in [3.63, 3.8) is 0 Å². The van der Waals surface area contributed by atoms with Crippen molar-refractivity contribution in [2.45, 2.75) is 45.4 Å². The number of nitrogens with zero attached hydrogens (tertiary/aromatic N) is 2. The maximum Gasteiger partial charge on any atom is 0.138 e. The first kappa shape index (κ1) is 13.2. The molecule has 0 radical (unpaired) electrons. The number of nitrogens with one attached hydrogen (secondary N) is 1. The van der Waals surface area contributed by atoms with Crippen molar-refractivity contribution in [2.75, 3.05) is 11.9 Å². The summed E-state index contributed by atoms with van der Waals surface area (Å²) in [6.45, 7) is 5.30. The summed E-state index contributed by atoms with van der Waals surface area (Å²) in [5.74, 6) is 4.04. The van der Waals surface area contributed by atoms with Crippen molar-refractivity contribution in [2.24, 2.45) is 17.8 Å². The van der Waals surface area contributed by atoms with Gasteiger partial charge in [0, 0.05) is 12.1 Å². The van der Waals surface area contributed by atoms with Crippen LogP contribution in [0.3, 0.4) is 0 Å². The first-order valence-electron chi connectivity index (χ1n) is 7.39. The number of aromatic nitrogens is 2. The lowest BCUT2D eigenvalue weighted by Gasteiger charge is -2.23. The highest BCUT2D eigenvalue weighted by molar-refractivity contribution is 6.30. The molecule has 104 valence electrons. The molecule has 3 nitrogen and oxygen atoms in total. The summed E-state index contributed by atoms with van der Waals surface area (Å²) in [5.41, 5.74) is 1.05. The lowest BCUT2D eigenvalue weighted by molar-refractivity contribution is 0.348. The molecule has 0 saturated heterocycles. The molecule has 3 atom stereocenters. The van der Waals surface area contributed by atoms with E-state index < -0.39 is 0 Å². The number of hydrogen-bond acceptors (Lipinski definition) is 3. The second-order valence-corrected chi connectivity index (χ2v) is 6.76. The van der Waals surface area contributed by atoms with Gasteiger partial charge in [-0.25, -0.2) is 9.97 Å². The minimum Gasteiger partial charge on any atom is -0.369 e. The molecule has 1 aromatic heterocycles. The number of anilines is 1. The zero-order chi connectivity index (χ0) is 13.4. The largest absolute Gasteiger partial charge is 0.369 e. The fourth-order valence-electron chi connectivity index (χ4n) is 3.88. The average Bonchev–Trinajstić information content (AvgIpc) is 2.97. The third-order valence-electron chi connectivity index (χ3n) is 4.83. The van der Waals surface area contributed by atoms with Gasteiger partial charge in [0.15, 0.2) is 0 Å². The molecular formula is C15H22ClN3. The van der Waals surface area contributed by atoms with Crippen molar-refractivity contribution >= 4 is 17.4 Å². The van der Waals surface area contributed by atoms with Crippen LogP contribution in [0.25, 0.3) is 0 Å². The van der Waals surface area contributed by atoms with Crippen LogP contribution in [0.15, 0.2) is 6.33 Å². The molecule has 0 aliphatic heterocycles. The topological polar surface area (TPSA) is 37.8 Å². The Kier molecular flexibility index (Phi) is 3.66. The molecule has 3 unspecified atom stereocenters. The predicted octanol–water partition coefficient (Wildman–Crippen LogP) is 4.10. The monoisotopic (exact) mass is 279 g/mol. The average molecular weight is 280 g/mol. The predicted molar refractivity (Wildman–Crippen MR) is 78.6 cm³/mol. The van der Waals surface area contributed by atoms with Crippen molar-refractivity contribution in [1.82, 2.24) is 9.97 Å². The third kappa shape index (κ3) is 2.58. The Bertz CT molecular complexity index is 461. The molecule has 0 spiro atoms. The van der Waals surface area contributed by atoms with Crippen molar-refractivity contribution in [3.05, 3.63) is 17.0 Å². The molecule has 2 fully saturated rings. The molecule has 1 N–H and O–H groups in total. The molecule has 3 rings (SSSR count). The second-order valence-electron chi connectivity index (χ2n) is 6.40. The molecule has 4 heteroatoms. The fraction of sp³-hybridized carbons (Fsp3) is 0.733. The van der Waals surface area contributed by atoms with Crippen LogP contribution in [0.4, 0.5) is 5.82 Å². The summed E-state index contributed by atoms with van der Waals surface area (Å²) in [6, 6.07) is 0. The first-order chi connectivity index (χ1) is 9.15. The van der Waals surface area contributed by atoms with E-state index in [0.717, 1.165) is 35.7 Å². The van der Waals surface area contributed by atoms with E-state index in [4.69, 9.17) is 11.6 Å². The summed E-state index contributed by atoms with van der Waals surface area (Å²) in [6.07, 6.45) is 7.29. The Morgan fingerprint density at radius 1 is 1.32 bits per heavy atom. The molecule has 2 aliphatic carbocycles. The summed E-state index contributed by atoms with van der Waals surface area (Å²) in [4.78, 5) is 8.47. The smallest absolute Gasteiger partial charge is 0.138 e. The summed E-state index contributed by atoms with van der Waals surface area (Å²) >= 11 is 6.19. The lowest BCUT2D eigenvalue weighted by atomic mass is 9.89. The highest BCUT2D eigenvalue weighted by Gasteiger charge is 2.39. The zero-order valence-electron chi connectivity index (χ0n) is 11.7. The van der Waals surface area contributed by atoms with E-state index in [1.165, 1.54) is 25.7 Å². The van der Waals surface area contributed by atoms with E-state index >= 15 is 0 Å². The van der Waals surface area contributed by atoms with Crippen molar-refractivity contribution in [3.8, 4) is 0 Å². The SMILES string of the molecule is CC(C)c1c(Cl)ncnc1NCC1CC2CCC1C2. The van der Waals surface area contributed by atoms with Crippen LogP contribution < -0.4 is 5.32 Å². The normalized spacial score (nSPS) is 29.2. The molecule has 0 aromatic carbocycles. The van der Waals surface area contributed by atoms with Gasteiger partial charge < -0.3 is 5.32 Å². The molecule has 2 bridgehead atoms. The number of rotatable bonds is 4. The van der Waals surface area contributed by atoms with Crippen molar-refractivity contribution in [1.29, 1.82) is 0 Å². The Morgan fingerprint density at radius 2 is 2.16 bits per heavy atom. The van der Waals surface area contributed by atoms with E-state index in [2.05, 4.69) is 29.1 Å². The molecular weight excluding hydrogens is 258 g/mol. The van der Waals surface area contributed by atoms with Gasteiger partial charge in [-0.2, -0.15) is 0 Å². The van der Waals surface area contributed by atoms with E-state index in [9.17, 15) is 0 Å². The van der Waals surface area contributed by atoms with Gasteiger partial charge >= 0.3 is 0 Å². The van der Waals surface area contributed by atoms with Crippen LogP contribution in [0.5, 0.6) is 0 Å². The van der Waals surface area contributed by atoms with Crippen LogP contribution in [0.2, 0.25) is 5.15 Å². The number of fused-ring (bicyclic) bond motifs is 2. The maximum absolute atomic E-state index is 6.19. The lowest BCUT2D eigenvalue weighted by Crippen LogP contribution is -2.21. The molecule has 0 amide bonds. The highest BCUT2D eigenvalue weighted by Crippen LogP contribution is 2.48. The quantitative estimate of drug-likeness (QED) is 0.843. The van der Waals surface area contributed by atoms with E-state index in [1.54, 1.807) is 6.33 Å². The van der Waals surface area contributed by atoms with Gasteiger partial charge in [0.25, 0.3) is 0 Å². The Morgan fingerprint density at radius 3 is 2.79 bits per heavy atom. The first-order valence-corrected chi connectivity index (χ1v) is 7.77. The Hall–Kier alpha value is -0.830. The summed E-state index contributed by atoms with van der Waals surface area (Å²) in [5, 5.41) is 4.11. The minimum absolute atomic E-state index is 0.344. The molecule has 1 aromatic rings. The summed E-state index contributed by atoms with van der Waals surface area (Å²) < 4.78 is 0. The van der Waals surface area contributed by atoms with Crippen LogP contribution in [-0.4, -0.2) is 16.5 Å².